The van der Waals surface area contributed by atoms with Crippen molar-refractivity contribution in [3.63, 3.8) is 0 Å². The number of hydrogen-bond acceptors (Lipinski definition) is 5. The third-order valence-corrected chi connectivity index (χ3v) is 5.92. The number of carbonyl (C=O) groups excluding carboxylic acids is 1. The minimum Gasteiger partial charge on any atom is -0.395 e. The number of aliphatic hydroxyl groups is 1. The van der Waals surface area contributed by atoms with Crippen LogP contribution in [0, 0.1) is 11.8 Å². The van der Waals surface area contributed by atoms with Gasteiger partial charge >= 0.3 is 0 Å². The fourth-order valence-corrected chi connectivity index (χ4v) is 4.54. The van der Waals surface area contributed by atoms with E-state index in [0.29, 0.717) is 13.2 Å². The van der Waals surface area contributed by atoms with Crippen LogP contribution in [0.15, 0.2) is 24.3 Å². The Morgan fingerprint density at radius 1 is 1.24 bits per heavy atom. The highest BCUT2D eigenvalue weighted by atomic mass is 16.5. The Labute approximate surface area is 174 Å². The molecule has 6 heteroatoms. The van der Waals surface area contributed by atoms with E-state index in [1.165, 1.54) is 5.56 Å². The van der Waals surface area contributed by atoms with Gasteiger partial charge in [0.15, 0.2) is 0 Å². The summed E-state index contributed by atoms with van der Waals surface area (Å²) in [5, 5.41) is 10.0. The first-order valence-corrected chi connectivity index (χ1v) is 10.4. The van der Waals surface area contributed by atoms with Crippen molar-refractivity contribution < 1.29 is 14.6 Å². The first kappa shape index (κ1) is 21.8. The second-order valence-corrected chi connectivity index (χ2v) is 8.22. The van der Waals surface area contributed by atoms with E-state index in [-0.39, 0.29) is 30.5 Å². The fraction of sp³-hybridized carbons (Fsp3) is 0.609. The standard InChI is InChI=1S/C23H33N3O3/c1-24(2)16-22(28)25-12-4-5-13-26-20(15-25)23(21(26)17-27)19-10-8-18(9-11-19)7-6-14-29-3/h8-11,20-21,23,27H,4-5,12-17H2,1-3H3/t20-,21+,23+/m0/s1. The van der Waals surface area contributed by atoms with Gasteiger partial charge in [0.05, 0.1) is 13.2 Å². The molecule has 0 aliphatic carbocycles. The third-order valence-electron chi connectivity index (χ3n) is 5.92. The number of fused-ring (bicyclic) bond motifs is 1. The van der Waals surface area contributed by atoms with Gasteiger partial charge in [-0.3, -0.25) is 9.69 Å². The second-order valence-electron chi connectivity index (χ2n) is 8.22. The third kappa shape index (κ3) is 5.18. The van der Waals surface area contributed by atoms with E-state index in [9.17, 15) is 9.90 Å². The summed E-state index contributed by atoms with van der Waals surface area (Å²) >= 11 is 0. The Bertz CT molecular complexity index is 738. The maximum atomic E-state index is 12.7. The lowest BCUT2D eigenvalue weighted by Crippen LogP contribution is -2.68. The van der Waals surface area contributed by atoms with Crippen LogP contribution >= 0.6 is 0 Å². The molecule has 0 bridgehead atoms. The molecule has 1 amide bonds. The van der Waals surface area contributed by atoms with Crippen LogP contribution in [0.4, 0.5) is 0 Å². The van der Waals surface area contributed by atoms with Gasteiger partial charge in [-0.2, -0.15) is 0 Å². The van der Waals surface area contributed by atoms with Crippen molar-refractivity contribution in [2.45, 2.75) is 30.8 Å². The molecule has 2 fully saturated rings. The van der Waals surface area contributed by atoms with Gasteiger partial charge in [-0.1, -0.05) is 24.0 Å². The predicted octanol–water partition coefficient (Wildman–Crippen LogP) is 0.997. The van der Waals surface area contributed by atoms with Gasteiger partial charge in [-0.15, -0.1) is 0 Å². The van der Waals surface area contributed by atoms with E-state index in [1.807, 2.05) is 36.0 Å². The number of nitrogens with zero attached hydrogens (tertiary/aromatic N) is 3. The number of methoxy groups -OCH3 is 1. The zero-order chi connectivity index (χ0) is 20.8. The molecule has 3 rings (SSSR count). The number of likely N-dealkylation sites (N-methyl/N-ethyl adjacent to an activating group) is 1. The molecule has 2 aliphatic heterocycles. The Morgan fingerprint density at radius 2 is 1.97 bits per heavy atom. The molecule has 1 aromatic carbocycles. The van der Waals surface area contributed by atoms with Crippen molar-refractivity contribution >= 4 is 5.91 Å². The second kappa shape index (κ2) is 10.2. The Morgan fingerprint density at radius 3 is 2.62 bits per heavy atom. The van der Waals surface area contributed by atoms with Crippen molar-refractivity contribution in [1.82, 2.24) is 14.7 Å². The highest BCUT2D eigenvalue weighted by molar-refractivity contribution is 5.78. The first-order valence-electron chi connectivity index (χ1n) is 10.4. The van der Waals surface area contributed by atoms with Crippen LogP contribution in [-0.4, -0.2) is 98.4 Å². The van der Waals surface area contributed by atoms with Crippen molar-refractivity contribution in [3.8, 4) is 11.8 Å². The molecule has 158 valence electrons. The lowest BCUT2D eigenvalue weighted by Gasteiger charge is -2.57. The zero-order valence-electron chi connectivity index (χ0n) is 17.8. The monoisotopic (exact) mass is 399 g/mol. The van der Waals surface area contributed by atoms with E-state index in [0.717, 1.165) is 38.0 Å². The molecule has 0 saturated carbocycles. The summed E-state index contributed by atoms with van der Waals surface area (Å²) in [7, 11) is 5.50. The van der Waals surface area contributed by atoms with E-state index in [4.69, 9.17) is 4.74 Å². The summed E-state index contributed by atoms with van der Waals surface area (Å²) < 4.78 is 4.97. The molecular weight excluding hydrogens is 366 g/mol. The molecular formula is C23H33N3O3. The SMILES string of the molecule is COCC#Cc1ccc([C@H]2[C@@H](CO)N3CCCCN(C(=O)CN(C)C)C[C@@H]23)cc1. The molecule has 29 heavy (non-hydrogen) atoms. The van der Waals surface area contributed by atoms with Gasteiger partial charge in [0, 0.05) is 43.8 Å². The van der Waals surface area contributed by atoms with Gasteiger partial charge in [0.2, 0.25) is 5.91 Å². The van der Waals surface area contributed by atoms with E-state index < -0.39 is 0 Å². The number of benzene rings is 1. The van der Waals surface area contributed by atoms with Gasteiger partial charge < -0.3 is 19.6 Å². The summed E-state index contributed by atoms with van der Waals surface area (Å²) in [5.41, 5.74) is 2.17. The van der Waals surface area contributed by atoms with Crippen LogP contribution < -0.4 is 0 Å². The van der Waals surface area contributed by atoms with Gasteiger partial charge in [-0.25, -0.2) is 0 Å². The van der Waals surface area contributed by atoms with Gasteiger partial charge in [-0.05, 0) is 51.2 Å². The maximum Gasteiger partial charge on any atom is 0.236 e. The smallest absolute Gasteiger partial charge is 0.236 e. The predicted molar refractivity (Wildman–Crippen MR) is 114 cm³/mol. The molecule has 0 aromatic heterocycles. The van der Waals surface area contributed by atoms with E-state index in [1.54, 1.807) is 7.11 Å². The van der Waals surface area contributed by atoms with Crippen molar-refractivity contribution in [2.75, 3.05) is 60.6 Å². The molecule has 3 atom stereocenters. The molecule has 2 heterocycles. The average molecular weight is 400 g/mol. The lowest BCUT2D eigenvalue weighted by atomic mass is 9.74. The number of carbonyl (C=O) groups is 1. The molecule has 6 nitrogen and oxygen atoms in total. The molecule has 1 aromatic rings. The van der Waals surface area contributed by atoms with Crippen LogP contribution in [0.25, 0.3) is 0 Å². The van der Waals surface area contributed by atoms with Crippen molar-refractivity contribution in [2.24, 2.45) is 0 Å². The normalized spacial score (nSPS) is 24.7. The molecule has 2 aliphatic rings. The van der Waals surface area contributed by atoms with Crippen LogP contribution in [-0.2, 0) is 9.53 Å². The number of rotatable bonds is 5. The average Bonchev–Trinajstić information content (AvgIpc) is 2.67. The summed E-state index contributed by atoms with van der Waals surface area (Å²) in [5.74, 6) is 6.49. The number of amides is 1. The Hall–Kier alpha value is -1.91. The topological polar surface area (TPSA) is 56.3 Å². The van der Waals surface area contributed by atoms with Crippen LogP contribution in [0.1, 0.15) is 29.9 Å². The summed E-state index contributed by atoms with van der Waals surface area (Å²) in [6.07, 6.45) is 2.07. The number of ether oxygens (including phenoxy) is 1. The largest absolute Gasteiger partial charge is 0.395 e. The summed E-state index contributed by atoms with van der Waals surface area (Å²) in [4.78, 5) is 19.0. The van der Waals surface area contributed by atoms with Crippen LogP contribution in [0.3, 0.4) is 0 Å². The summed E-state index contributed by atoms with van der Waals surface area (Å²) in [6.45, 7) is 3.54. The number of aliphatic hydroxyl groups excluding tert-OH is 1. The Balaban J connectivity index is 1.77. The molecule has 0 unspecified atom stereocenters. The minimum absolute atomic E-state index is 0.120. The molecule has 0 spiro atoms. The number of hydrogen-bond donors (Lipinski definition) is 1. The molecule has 0 radical (unpaired) electrons. The van der Waals surface area contributed by atoms with Crippen LogP contribution in [0.5, 0.6) is 0 Å². The van der Waals surface area contributed by atoms with Crippen LogP contribution in [0.2, 0.25) is 0 Å². The van der Waals surface area contributed by atoms with Crippen molar-refractivity contribution in [3.05, 3.63) is 35.4 Å². The highest BCUT2D eigenvalue weighted by Crippen LogP contribution is 2.41. The molecule has 1 N–H and O–H groups in total. The van der Waals surface area contributed by atoms with E-state index >= 15 is 0 Å². The lowest BCUT2D eigenvalue weighted by molar-refractivity contribution is -0.137. The minimum atomic E-state index is 0.120. The van der Waals surface area contributed by atoms with Gasteiger partial charge in [0.1, 0.15) is 6.61 Å². The first-order chi connectivity index (χ1) is 14.0. The Kier molecular flexibility index (Phi) is 7.68. The quantitative estimate of drug-likeness (QED) is 0.749. The fourth-order valence-electron chi connectivity index (χ4n) is 4.54. The highest BCUT2D eigenvalue weighted by Gasteiger charge is 2.49. The molecule has 2 saturated heterocycles. The zero-order valence-corrected chi connectivity index (χ0v) is 17.8. The van der Waals surface area contributed by atoms with E-state index in [2.05, 4.69) is 28.9 Å². The summed E-state index contributed by atoms with van der Waals surface area (Å²) in [6, 6.07) is 8.68. The van der Waals surface area contributed by atoms with Crippen molar-refractivity contribution in [1.29, 1.82) is 0 Å². The maximum absolute atomic E-state index is 12.7. The van der Waals surface area contributed by atoms with Gasteiger partial charge in [0.25, 0.3) is 0 Å².